The summed E-state index contributed by atoms with van der Waals surface area (Å²) < 4.78 is 21.2. The molecule has 2 unspecified atom stereocenters. The van der Waals surface area contributed by atoms with Gasteiger partial charge in [0.2, 0.25) is 0 Å². The van der Waals surface area contributed by atoms with Gasteiger partial charge in [0.1, 0.15) is 11.3 Å². The fourth-order valence-corrected chi connectivity index (χ4v) is 5.70. The fraction of sp³-hybridized carbons (Fsp3) is 0.360. The molecule has 0 spiro atoms. The molecule has 3 aliphatic carbocycles. The zero-order valence-corrected chi connectivity index (χ0v) is 18.6. The van der Waals surface area contributed by atoms with Crippen LogP contribution in [-0.4, -0.2) is 37.1 Å². The van der Waals surface area contributed by atoms with Crippen molar-refractivity contribution in [2.24, 2.45) is 17.8 Å². The van der Waals surface area contributed by atoms with Crippen molar-refractivity contribution in [3.63, 3.8) is 0 Å². The van der Waals surface area contributed by atoms with Crippen LogP contribution in [0.4, 0.5) is 10.2 Å². The summed E-state index contributed by atoms with van der Waals surface area (Å²) in [4.78, 5) is 28.8. The smallest absolute Gasteiger partial charge is 0.308 e. The van der Waals surface area contributed by atoms with Gasteiger partial charge in [-0.15, -0.1) is 0 Å². The number of aliphatic carboxylic acids is 1. The first-order valence-electron chi connectivity index (χ1n) is 11.6. The van der Waals surface area contributed by atoms with Gasteiger partial charge in [-0.3, -0.25) is 4.79 Å². The van der Waals surface area contributed by atoms with Crippen LogP contribution in [0.25, 0.3) is 33.9 Å². The molecule has 0 aromatic carbocycles. The fourth-order valence-electron chi connectivity index (χ4n) is 5.70. The Labute approximate surface area is 194 Å². The number of hydrogen-bond donors (Lipinski definition) is 3. The molecule has 2 atom stereocenters. The molecule has 9 heteroatoms. The van der Waals surface area contributed by atoms with E-state index in [9.17, 15) is 9.90 Å². The van der Waals surface area contributed by atoms with Gasteiger partial charge >= 0.3 is 5.97 Å². The lowest BCUT2D eigenvalue weighted by atomic mass is 9.61. The monoisotopic (exact) mass is 461 g/mol. The lowest BCUT2D eigenvalue weighted by Gasteiger charge is -2.47. The minimum absolute atomic E-state index is 0.00498. The summed E-state index contributed by atoms with van der Waals surface area (Å²) in [5, 5.41) is 13.9. The van der Waals surface area contributed by atoms with Gasteiger partial charge in [-0.1, -0.05) is 0 Å². The number of halogens is 1. The maximum absolute atomic E-state index is 15.7. The van der Waals surface area contributed by atoms with Crippen molar-refractivity contribution in [1.82, 2.24) is 19.9 Å². The Balaban J connectivity index is 1.48. The number of furan rings is 1. The van der Waals surface area contributed by atoms with Crippen LogP contribution in [0.3, 0.4) is 0 Å². The second kappa shape index (κ2) is 7.93. The minimum Gasteiger partial charge on any atom is -0.481 e. The first kappa shape index (κ1) is 20.8. The van der Waals surface area contributed by atoms with Gasteiger partial charge in [-0.2, -0.15) is 0 Å². The SMILES string of the molecule is Cc1ccc2c(-c3nc(NC4C5CCC(CC5)C4C(=O)O)c(F)c(-c4ccco4)n3)c[nH]c2n1. The summed E-state index contributed by atoms with van der Waals surface area (Å²) in [6, 6.07) is 6.74. The molecule has 7 rings (SSSR count). The van der Waals surface area contributed by atoms with E-state index in [1.165, 1.54) is 6.26 Å². The number of nitrogens with zero attached hydrogens (tertiary/aromatic N) is 3. The summed E-state index contributed by atoms with van der Waals surface area (Å²) in [6.45, 7) is 1.90. The molecule has 3 fully saturated rings. The van der Waals surface area contributed by atoms with Crippen molar-refractivity contribution in [3.05, 3.63) is 48.2 Å². The molecule has 3 N–H and O–H groups in total. The summed E-state index contributed by atoms with van der Waals surface area (Å²) in [6.07, 6.45) is 6.88. The molecule has 2 bridgehead atoms. The van der Waals surface area contributed by atoms with E-state index in [2.05, 4.69) is 25.3 Å². The number of hydrogen-bond acceptors (Lipinski definition) is 6. The summed E-state index contributed by atoms with van der Waals surface area (Å²) in [7, 11) is 0. The molecule has 8 nitrogen and oxygen atoms in total. The molecule has 34 heavy (non-hydrogen) atoms. The molecular formula is C25H24FN5O3. The highest BCUT2D eigenvalue weighted by Crippen LogP contribution is 2.46. The lowest BCUT2D eigenvalue weighted by Crippen LogP contribution is -2.51. The molecule has 0 aliphatic heterocycles. The molecule has 174 valence electrons. The number of carbonyl (C=O) groups is 1. The van der Waals surface area contributed by atoms with Crippen LogP contribution in [0.2, 0.25) is 0 Å². The Kier molecular flexibility index (Phi) is 4.86. The Bertz CT molecular complexity index is 1370. The quantitative estimate of drug-likeness (QED) is 0.382. The average Bonchev–Trinajstić information content (AvgIpc) is 3.51. The molecule has 3 aliphatic rings. The highest BCUT2D eigenvalue weighted by atomic mass is 19.1. The Hall–Kier alpha value is -3.75. The molecular weight excluding hydrogens is 437 g/mol. The second-order valence-corrected chi connectivity index (χ2v) is 9.30. The minimum atomic E-state index is -0.842. The third kappa shape index (κ3) is 3.34. The normalized spacial score (nSPS) is 23.9. The van der Waals surface area contributed by atoms with Crippen molar-refractivity contribution in [2.75, 3.05) is 5.32 Å². The van der Waals surface area contributed by atoms with Crippen LogP contribution in [0.5, 0.6) is 0 Å². The van der Waals surface area contributed by atoms with Gasteiger partial charge in [0.25, 0.3) is 0 Å². The van der Waals surface area contributed by atoms with Gasteiger partial charge in [-0.05, 0) is 68.7 Å². The molecule has 0 radical (unpaired) electrons. The van der Waals surface area contributed by atoms with Crippen molar-refractivity contribution in [2.45, 2.75) is 38.6 Å². The Morgan fingerprint density at radius 3 is 2.68 bits per heavy atom. The third-order valence-electron chi connectivity index (χ3n) is 7.33. The van der Waals surface area contributed by atoms with E-state index in [4.69, 9.17) is 4.42 Å². The number of H-pyrrole nitrogens is 1. The van der Waals surface area contributed by atoms with Gasteiger partial charge in [0.05, 0.1) is 12.2 Å². The van der Waals surface area contributed by atoms with Crippen LogP contribution in [0.1, 0.15) is 31.4 Å². The highest BCUT2D eigenvalue weighted by Gasteiger charge is 2.47. The number of aromatic nitrogens is 4. The van der Waals surface area contributed by atoms with Gasteiger partial charge in [0.15, 0.2) is 23.2 Å². The zero-order valence-electron chi connectivity index (χ0n) is 18.6. The average molecular weight is 461 g/mol. The van der Waals surface area contributed by atoms with Crippen molar-refractivity contribution in [1.29, 1.82) is 0 Å². The molecule has 3 saturated carbocycles. The number of aromatic amines is 1. The number of rotatable bonds is 5. The van der Waals surface area contributed by atoms with Crippen LogP contribution in [0, 0.1) is 30.5 Å². The van der Waals surface area contributed by atoms with E-state index in [1.54, 1.807) is 18.3 Å². The Morgan fingerprint density at radius 2 is 1.94 bits per heavy atom. The molecule has 4 aromatic rings. The number of aryl methyl sites for hydroxylation is 1. The zero-order chi connectivity index (χ0) is 23.4. The number of carboxylic acids is 1. The number of carboxylic acid groups (broad SMARTS) is 1. The second-order valence-electron chi connectivity index (χ2n) is 9.30. The lowest BCUT2D eigenvalue weighted by molar-refractivity contribution is -0.148. The standard InChI is InChI=1S/C25H24FN5O3/c1-12-4-9-15-16(11-27-22(15)28-12)23-30-21(17-3-2-10-34-17)19(26)24(31-23)29-20-14-7-5-13(6-8-14)18(20)25(32)33/h2-4,9-11,13-14,18,20H,5-8H2,1H3,(H,27,28)(H,32,33)(H,29,30,31). The third-order valence-corrected chi connectivity index (χ3v) is 7.33. The van der Waals surface area contributed by atoms with Gasteiger partial charge in [-0.25, -0.2) is 19.3 Å². The van der Waals surface area contributed by atoms with Gasteiger partial charge in [0, 0.05) is 28.9 Å². The van der Waals surface area contributed by atoms with Gasteiger partial charge < -0.3 is 19.8 Å². The van der Waals surface area contributed by atoms with Crippen molar-refractivity contribution < 1.29 is 18.7 Å². The van der Waals surface area contributed by atoms with E-state index in [0.29, 0.717) is 17.0 Å². The maximum Gasteiger partial charge on any atom is 0.308 e. The van der Waals surface area contributed by atoms with Crippen LogP contribution >= 0.6 is 0 Å². The number of fused-ring (bicyclic) bond motifs is 4. The van der Waals surface area contributed by atoms with Crippen molar-refractivity contribution >= 4 is 22.8 Å². The molecule has 4 heterocycles. The molecule has 4 aromatic heterocycles. The number of anilines is 1. The largest absolute Gasteiger partial charge is 0.481 e. The topological polar surface area (TPSA) is 117 Å². The summed E-state index contributed by atoms with van der Waals surface area (Å²) >= 11 is 0. The van der Waals surface area contributed by atoms with E-state index in [0.717, 1.165) is 36.8 Å². The number of pyridine rings is 1. The predicted octanol–water partition coefficient (Wildman–Crippen LogP) is 5.03. The summed E-state index contributed by atoms with van der Waals surface area (Å²) in [5.41, 5.74) is 2.26. The Morgan fingerprint density at radius 1 is 1.15 bits per heavy atom. The molecule has 0 saturated heterocycles. The number of nitrogens with one attached hydrogen (secondary N) is 2. The summed E-state index contributed by atoms with van der Waals surface area (Å²) in [5.74, 6) is -1.23. The predicted molar refractivity (Wildman–Crippen MR) is 124 cm³/mol. The van der Waals surface area contributed by atoms with E-state index in [-0.39, 0.29) is 35.1 Å². The van der Waals surface area contributed by atoms with Crippen LogP contribution in [0.15, 0.2) is 41.1 Å². The van der Waals surface area contributed by atoms with Crippen molar-refractivity contribution in [3.8, 4) is 22.8 Å². The van der Waals surface area contributed by atoms with Crippen LogP contribution in [-0.2, 0) is 4.79 Å². The van der Waals surface area contributed by atoms with E-state index in [1.807, 2.05) is 19.1 Å². The highest BCUT2D eigenvalue weighted by molar-refractivity contribution is 5.92. The first-order valence-corrected chi connectivity index (χ1v) is 11.6. The van der Waals surface area contributed by atoms with E-state index < -0.39 is 17.7 Å². The van der Waals surface area contributed by atoms with E-state index >= 15 is 4.39 Å². The first-order chi connectivity index (χ1) is 16.5. The van der Waals surface area contributed by atoms with Crippen LogP contribution < -0.4 is 5.32 Å². The maximum atomic E-state index is 15.7. The molecule has 0 amide bonds.